The van der Waals surface area contributed by atoms with E-state index in [1.54, 1.807) is 7.11 Å². The summed E-state index contributed by atoms with van der Waals surface area (Å²) in [7, 11) is 1.61. The second-order valence-corrected chi connectivity index (χ2v) is 8.16. The largest absolute Gasteiger partial charge is 0.497 e. The molecule has 2 aromatic carbocycles. The van der Waals surface area contributed by atoms with Gasteiger partial charge in [0.05, 0.1) is 31.6 Å². The van der Waals surface area contributed by atoms with Crippen molar-refractivity contribution >= 4 is 5.71 Å². The van der Waals surface area contributed by atoms with Crippen LogP contribution in [0.4, 0.5) is 8.78 Å². The van der Waals surface area contributed by atoms with Crippen LogP contribution in [-0.4, -0.2) is 60.8 Å². The van der Waals surface area contributed by atoms with Crippen LogP contribution >= 0.6 is 0 Å². The molecule has 2 unspecified atom stereocenters. The molecule has 1 aliphatic rings. The van der Waals surface area contributed by atoms with Gasteiger partial charge in [-0.25, -0.2) is 8.78 Å². The van der Waals surface area contributed by atoms with E-state index >= 15 is 0 Å². The molecule has 0 bridgehead atoms. The molecule has 0 fully saturated rings. The molecule has 1 N–H and O–H groups in total. The highest BCUT2D eigenvalue weighted by molar-refractivity contribution is 6.01. The maximum absolute atomic E-state index is 14.2. The summed E-state index contributed by atoms with van der Waals surface area (Å²) < 4.78 is 38.2. The molecular formula is C24H30F2N2O4. The van der Waals surface area contributed by atoms with Gasteiger partial charge >= 0.3 is 0 Å². The summed E-state index contributed by atoms with van der Waals surface area (Å²) in [5, 5.41) is 14.6. The molecule has 3 rings (SSSR count). The second-order valence-electron chi connectivity index (χ2n) is 8.16. The lowest BCUT2D eigenvalue weighted by molar-refractivity contribution is -0.0196. The summed E-state index contributed by atoms with van der Waals surface area (Å²) in [6.07, 6.45) is -0.447. The van der Waals surface area contributed by atoms with E-state index in [2.05, 4.69) is 5.16 Å². The minimum atomic E-state index is -0.760. The zero-order valence-electron chi connectivity index (χ0n) is 18.6. The van der Waals surface area contributed by atoms with Crippen molar-refractivity contribution < 1.29 is 28.2 Å². The molecule has 6 nitrogen and oxygen atoms in total. The summed E-state index contributed by atoms with van der Waals surface area (Å²) in [4.78, 5) is 7.50. The van der Waals surface area contributed by atoms with Gasteiger partial charge in [0.15, 0.2) is 0 Å². The summed E-state index contributed by atoms with van der Waals surface area (Å²) in [5.41, 5.74) is 2.10. The Bertz CT molecular complexity index is 905. The van der Waals surface area contributed by atoms with E-state index in [1.165, 1.54) is 12.1 Å². The second kappa shape index (κ2) is 11.4. The quantitative estimate of drug-likeness (QED) is 0.567. The number of hydrogen-bond donors (Lipinski definition) is 1. The number of aliphatic hydroxyl groups is 1. The fourth-order valence-electron chi connectivity index (χ4n) is 3.52. The van der Waals surface area contributed by atoms with Gasteiger partial charge in [-0.1, -0.05) is 11.2 Å². The van der Waals surface area contributed by atoms with E-state index in [4.69, 9.17) is 14.3 Å². The lowest BCUT2D eigenvalue weighted by atomic mass is 10.0. The van der Waals surface area contributed by atoms with Gasteiger partial charge in [-0.05, 0) is 49.7 Å². The van der Waals surface area contributed by atoms with Crippen LogP contribution in [0.2, 0.25) is 0 Å². The van der Waals surface area contributed by atoms with Crippen LogP contribution in [0.25, 0.3) is 0 Å². The first kappa shape index (κ1) is 24.1. The number of halogens is 2. The highest BCUT2D eigenvalue weighted by atomic mass is 19.1. The standard InChI is InChI=1S/C24H30F2N2O4/c1-16(2)31-15-20(29)13-28(12-18-4-7-19(25)10-23(18)26)14-22-11-24(27-32-22)17-5-8-21(30-3)9-6-17/h4-10,16,20,22,29H,11-15H2,1-3H3. The molecular weight excluding hydrogens is 418 g/mol. The van der Waals surface area contributed by atoms with Crippen molar-refractivity contribution in [2.45, 2.75) is 45.1 Å². The fraction of sp³-hybridized carbons (Fsp3) is 0.458. The molecule has 2 atom stereocenters. The Hall–Kier alpha value is -2.55. The van der Waals surface area contributed by atoms with Crippen molar-refractivity contribution in [3.05, 3.63) is 65.2 Å². The molecule has 0 spiro atoms. The zero-order chi connectivity index (χ0) is 23.1. The first-order chi connectivity index (χ1) is 15.3. The highest BCUT2D eigenvalue weighted by Gasteiger charge is 2.26. The predicted molar refractivity (Wildman–Crippen MR) is 118 cm³/mol. The summed E-state index contributed by atoms with van der Waals surface area (Å²) in [6, 6.07) is 11.1. The molecule has 0 amide bonds. The average molecular weight is 449 g/mol. The van der Waals surface area contributed by atoms with E-state index in [9.17, 15) is 13.9 Å². The number of oxime groups is 1. The maximum Gasteiger partial charge on any atom is 0.145 e. The van der Waals surface area contributed by atoms with Gasteiger partial charge in [0.1, 0.15) is 23.5 Å². The Morgan fingerprint density at radius 3 is 2.59 bits per heavy atom. The lowest BCUT2D eigenvalue weighted by Crippen LogP contribution is -2.39. The van der Waals surface area contributed by atoms with Crippen LogP contribution in [0, 0.1) is 11.6 Å². The van der Waals surface area contributed by atoms with Crippen LogP contribution in [0.15, 0.2) is 47.6 Å². The SMILES string of the molecule is COc1ccc(C2=NOC(CN(Cc3ccc(F)cc3F)CC(O)COC(C)C)C2)cc1. The number of ether oxygens (including phenoxy) is 2. The molecule has 2 aromatic rings. The fourth-order valence-corrected chi connectivity index (χ4v) is 3.52. The maximum atomic E-state index is 14.2. The Morgan fingerprint density at radius 1 is 1.19 bits per heavy atom. The highest BCUT2D eigenvalue weighted by Crippen LogP contribution is 2.21. The van der Waals surface area contributed by atoms with Crippen LogP contribution in [-0.2, 0) is 16.1 Å². The van der Waals surface area contributed by atoms with Crippen LogP contribution in [0.3, 0.4) is 0 Å². The van der Waals surface area contributed by atoms with Crippen molar-refractivity contribution in [2.75, 3.05) is 26.8 Å². The molecule has 0 radical (unpaired) electrons. The third-order valence-electron chi connectivity index (χ3n) is 5.12. The molecule has 174 valence electrons. The molecule has 0 aliphatic carbocycles. The topological polar surface area (TPSA) is 63.5 Å². The van der Waals surface area contributed by atoms with E-state index in [-0.39, 0.29) is 31.9 Å². The van der Waals surface area contributed by atoms with E-state index in [0.29, 0.717) is 18.5 Å². The monoisotopic (exact) mass is 448 g/mol. The number of aliphatic hydroxyl groups excluding tert-OH is 1. The zero-order valence-corrected chi connectivity index (χ0v) is 18.6. The minimum absolute atomic E-state index is 0.00809. The van der Waals surface area contributed by atoms with Crippen molar-refractivity contribution in [1.29, 1.82) is 0 Å². The minimum Gasteiger partial charge on any atom is -0.497 e. The van der Waals surface area contributed by atoms with Gasteiger partial charge in [-0.2, -0.15) is 0 Å². The lowest BCUT2D eigenvalue weighted by Gasteiger charge is -2.27. The molecule has 32 heavy (non-hydrogen) atoms. The summed E-state index contributed by atoms with van der Waals surface area (Å²) in [6.45, 7) is 4.81. The number of nitrogens with zero attached hydrogens (tertiary/aromatic N) is 2. The Labute approximate surface area is 187 Å². The van der Waals surface area contributed by atoms with Crippen molar-refractivity contribution in [3.8, 4) is 5.75 Å². The number of benzene rings is 2. The Morgan fingerprint density at radius 2 is 1.94 bits per heavy atom. The van der Waals surface area contributed by atoms with E-state index in [1.807, 2.05) is 43.0 Å². The van der Waals surface area contributed by atoms with Gasteiger partial charge in [0, 0.05) is 37.7 Å². The van der Waals surface area contributed by atoms with Gasteiger partial charge in [-0.3, -0.25) is 4.90 Å². The summed E-state index contributed by atoms with van der Waals surface area (Å²) >= 11 is 0. The van der Waals surface area contributed by atoms with Gasteiger partial charge in [0.25, 0.3) is 0 Å². The molecule has 8 heteroatoms. The van der Waals surface area contributed by atoms with E-state index < -0.39 is 17.7 Å². The molecule has 1 heterocycles. The predicted octanol–water partition coefficient (Wildman–Crippen LogP) is 3.75. The number of methoxy groups -OCH3 is 1. The van der Waals surface area contributed by atoms with Crippen molar-refractivity contribution in [2.24, 2.45) is 5.16 Å². The number of rotatable bonds is 11. The summed E-state index contributed by atoms with van der Waals surface area (Å²) in [5.74, 6) is -0.486. The molecule has 0 aromatic heterocycles. The Kier molecular flexibility index (Phi) is 8.55. The van der Waals surface area contributed by atoms with Gasteiger partial charge < -0.3 is 19.4 Å². The third kappa shape index (κ3) is 6.98. The first-order valence-electron chi connectivity index (χ1n) is 10.7. The van der Waals surface area contributed by atoms with E-state index in [0.717, 1.165) is 23.1 Å². The van der Waals surface area contributed by atoms with Crippen molar-refractivity contribution in [3.63, 3.8) is 0 Å². The van der Waals surface area contributed by atoms with Crippen LogP contribution < -0.4 is 4.74 Å². The first-order valence-corrected chi connectivity index (χ1v) is 10.7. The van der Waals surface area contributed by atoms with Crippen LogP contribution in [0.1, 0.15) is 31.4 Å². The molecule has 0 saturated carbocycles. The van der Waals surface area contributed by atoms with Crippen LogP contribution in [0.5, 0.6) is 5.75 Å². The number of hydrogen-bond acceptors (Lipinski definition) is 6. The van der Waals surface area contributed by atoms with Gasteiger partial charge in [0.2, 0.25) is 0 Å². The molecule has 0 saturated heterocycles. The third-order valence-corrected chi connectivity index (χ3v) is 5.12. The smallest absolute Gasteiger partial charge is 0.145 e. The average Bonchev–Trinajstić information content (AvgIpc) is 3.22. The van der Waals surface area contributed by atoms with Gasteiger partial charge in [-0.15, -0.1) is 0 Å². The van der Waals surface area contributed by atoms with Crippen molar-refractivity contribution in [1.82, 2.24) is 4.90 Å². The Balaban J connectivity index is 1.64. The molecule has 1 aliphatic heterocycles. The normalized spacial score (nSPS) is 16.9.